The van der Waals surface area contributed by atoms with Crippen LogP contribution in [-0.2, 0) is 15.0 Å². The van der Waals surface area contributed by atoms with Gasteiger partial charge in [0.1, 0.15) is 5.75 Å². The maximum Gasteiger partial charge on any atom is 0.265 e. The molecule has 0 bridgehead atoms. The fourth-order valence-electron chi connectivity index (χ4n) is 2.82. The number of hydrogen-bond acceptors (Lipinski definition) is 3. The minimum atomic E-state index is -0.0482. The molecule has 1 aliphatic heterocycles. The number of carbonyl (C=O) groups excluding carboxylic acids is 2. The Balaban J connectivity index is 2.11. The van der Waals surface area contributed by atoms with Crippen LogP contribution in [0.1, 0.15) is 58.9 Å². The van der Waals surface area contributed by atoms with E-state index in [-0.39, 0.29) is 23.8 Å². The number of nitrogens with zero attached hydrogens (tertiary/aromatic N) is 1. The average molecular weight is 346 g/mol. The molecule has 2 rings (SSSR count). The number of fused-ring (bicyclic) bond motifs is 1. The van der Waals surface area contributed by atoms with E-state index in [0.29, 0.717) is 25.9 Å². The highest BCUT2D eigenvalue weighted by Crippen LogP contribution is 2.37. The molecule has 0 radical (unpaired) electrons. The second-order valence-electron chi connectivity index (χ2n) is 7.21. The van der Waals surface area contributed by atoms with E-state index >= 15 is 0 Å². The molecule has 0 aliphatic carbocycles. The summed E-state index contributed by atoms with van der Waals surface area (Å²) >= 11 is 0. The molecule has 138 valence electrons. The first-order chi connectivity index (χ1) is 11.9. The predicted molar refractivity (Wildman–Crippen MR) is 100 cm³/mol. The topological polar surface area (TPSA) is 58.6 Å². The second kappa shape index (κ2) is 8.37. The first-order valence-electron chi connectivity index (χ1n) is 9.23. The van der Waals surface area contributed by atoms with Gasteiger partial charge >= 0.3 is 0 Å². The summed E-state index contributed by atoms with van der Waals surface area (Å²) in [4.78, 5) is 25.9. The van der Waals surface area contributed by atoms with Crippen LogP contribution >= 0.6 is 0 Å². The van der Waals surface area contributed by atoms with E-state index in [9.17, 15) is 9.59 Å². The molecular formula is C20H30N2O3. The summed E-state index contributed by atoms with van der Waals surface area (Å²) in [6, 6.07) is 6.09. The highest BCUT2D eigenvalue weighted by molar-refractivity contribution is 5.98. The third-order valence-corrected chi connectivity index (χ3v) is 4.93. The van der Waals surface area contributed by atoms with Gasteiger partial charge in [-0.15, -0.1) is 0 Å². The molecule has 1 aliphatic rings. The van der Waals surface area contributed by atoms with Crippen LogP contribution in [0, 0.1) is 0 Å². The molecule has 2 amide bonds. The Labute approximate surface area is 150 Å². The van der Waals surface area contributed by atoms with Crippen LogP contribution in [0.4, 0.5) is 5.69 Å². The quantitative estimate of drug-likeness (QED) is 0.785. The zero-order valence-corrected chi connectivity index (χ0v) is 15.9. The van der Waals surface area contributed by atoms with Crippen LogP contribution in [0.15, 0.2) is 18.2 Å². The molecule has 5 nitrogen and oxygen atoms in total. The van der Waals surface area contributed by atoms with Crippen LogP contribution in [0.2, 0.25) is 0 Å². The van der Waals surface area contributed by atoms with E-state index in [2.05, 4.69) is 38.2 Å². The number of ether oxygens (including phenoxy) is 1. The molecule has 0 saturated heterocycles. The van der Waals surface area contributed by atoms with Crippen molar-refractivity contribution in [2.24, 2.45) is 0 Å². The van der Waals surface area contributed by atoms with Gasteiger partial charge in [-0.3, -0.25) is 9.59 Å². The maximum atomic E-state index is 12.3. The summed E-state index contributed by atoms with van der Waals surface area (Å²) in [6.07, 6.45) is 3.01. The molecule has 0 fully saturated rings. The van der Waals surface area contributed by atoms with Gasteiger partial charge in [-0.2, -0.15) is 0 Å². The number of amides is 2. The molecule has 0 unspecified atom stereocenters. The van der Waals surface area contributed by atoms with Crippen molar-refractivity contribution in [3.05, 3.63) is 23.8 Å². The van der Waals surface area contributed by atoms with Gasteiger partial charge in [0.05, 0.1) is 5.69 Å². The molecule has 0 spiro atoms. The van der Waals surface area contributed by atoms with E-state index in [0.717, 1.165) is 24.3 Å². The number of benzene rings is 1. The average Bonchev–Trinajstić information content (AvgIpc) is 2.61. The highest BCUT2D eigenvalue weighted by Gasteiger charge is 2.28. The zero-order valence-electron chi connectivity index (χ0n) is 15.9. The number of carbonyl (C=O) groups is 2. The Morgan fingerprint density at radius 2 is 2.08 bits per heavy atom. The van der Waals surface area contributed by atoms with Crippen molar-refractivity contribution in [2.45, 2.75) is 58.8 Å². The maximum absolute atomic E-state index is 12.3. The van der Waals surface area contributed by atoms with Crippen molar-refractivity contribution < 1.29 is 14.3 Å². The Morgan fingerprint density at radius 3 is 2.76 bits per heavy atom. The van der Waals surface area contributed by atoms with Gasteiger partial charge in [-0.25, -0.2) is 0 Å². The van der Waals surface area contributed by atoms with Crippen LogP contribution in [0.25, 0.3) is 0 Å². The van der Waals surface area contributed by atoms with E-state index in [1.165, 1.54) is 5.56 Å². The fraction of sp³-hybridized carbons (Fsp3) is 0.600. The van der Waals surface area contributed by atoms with E-state index in [1.54, 1.807) is 4.90 Å². The lowest BCUT2D eigenvalue weighted by Crippen LogP contribution is -2.40. The van der Waals surface area contributed by atoms with Crippen LogP contribution < -0.4 is 15.0 Å². The summed E-state index contributed by atoms with van der Waals surface area (Å²) in [5.41, 5.74) is 2.06. The van der Waals surface area contributed by atoms with Gasteiger partial charge in [0.2, 0.25) is 5.91 Å². The molecule has 0 atom stereocenters. The number of nitrogens with one attached hydrogen (secondary N) is 1. The van der Waals surface area contributed by atoms with Crippen LogP contribution in [-0.4, -0.2) is 31.5 Å². The van der Waals surface area contributed by atoms with Crippen molar-refractivity contribution in [1.29, 1.82) is 0 Å². The summed E-state index contributed by atoms with van der Waals surface area (Å²) in [5.74, 6) is 0.738. The lowest BCUT2D eigenvalue weighted by molar-refractivity contribution is -0.122. The lowest BCUT2D eigenvalue weighted by Gasteiger charge is -2.32. The first-order valence-corrected chi connectivity index (χ1v) is 9.23. The molecule has 0 aromatic heterocycles. The Bertz CT molecular complexity index is 625. The molecule has 25 heavy (non-hydrogen) atoms. The van der Waals surface area contributed by atoms with Crippen molar-refractivity contribution >= 4 is 17.5 Å². The van der Waals surface area contributed by atoms with Gasteiger partial charge in [0, 0.05) is 19.5 Å². The summed E-state index contributed by atoms with van der Waals surface area (Å²) in [5, 5.41) is 2.87. The highest BCUT2D eigenvalue weighted by atomic mass is 16.5. The van der Waals surface area contributed by atoms with Crippen molar-refractivity contribution in [1.82, 2.24) is 5.32 Å². The molecule has 1 aromatic rings. The lowest BCUT2D eigenvalue weighted by atomic mass is 9.82. The van der Waals surface area contributed by atoms with Crippen molar-refractivity contribution in [3.63, 3.8) is 0 Å². The number of rotatable bonds is 8. The smallest absolute Gasteiger partial charge is 0.265 e. The molecule has 1 heterocycles. The minimum Gasteiger partial charge on any atom is -0.482 e. The third-order valence-electron chi connectivity index (χ3n) is 4.93. The predicted octanol–water partition coefficient (Wildman–Crippen LogP) is 3.41. The van der Waals surface area contributed by atoms with Gasteiger partial charge in [-0.1, -0.05) is 33.8 Å². The normalized spacial score (nSPS) is 14.1. The van der Waals surface area contributed by atoms with Gasteiger partial charge < -0.3 is 15.0 Å². The number of anilines is 1. The van der Waals surface area contributed by atoms with Crippen LogP contribution in [0.5, 0.6) is 5.75 Å². The number of hydrogen-bond donors (Lipinski definition) is 1. The Morgan fingerprint density at radius 1 is 1.32 bits per heavy atom. The van der Waals surface area contributed by atoms with Crippen molar-refractivity contribution in [2.75, 3.05) is 24.6 Å². The Hall–Kier alpha value is -2.04. The van der Waals surface area contributed by atoms with Crippen molar-refractivity contribution in [3.8, 4) is 5.75 Å². The minimum absolute atomic E-state index is 0.0429. The molecule has 5 heteroatoms. The molecule has 1 aromatic carbocycles. The van der Waals surface area contributed by atoms with Crippen LogP contribution in [0.3, 0.4) is 0 Å². The standard InChI is InChI=1S/C20H30N2O3/c1-5-11-21-18(23)8-7-12-22-16-13-15(20(3,4)6-2)9-10-17(16)25-14-19(22)24/h9-10,13H,5-8,11-12,14H2,1-4H3,(H,21,23). The second-order valence-corrected chi connectivity index (χ2v) is 7.21. The van der Waals surface area contributed by atoms with Gasteiger partial charge in [0.25, 0.3) is 5.91 Å². The molecular weight excluding hydrogens is 316 g/mol. The SMILES string of the molecule is CCCNC(=O)CCCN1C(=O)COc2ccc(C(C)(C)CC)cc21. The van der Waals surface area contributed by atoms with Gasteiger partial charge in [-0.05, 0) is 42.4 Å². The zero-order chi connectivity index (χ0) is 18.4. The summed E-state index contributed by atoms with van der Waals surface area (Å²) < 4.78 is 5.58. The van der Waals surface area contributed by atoms with E-state index < -0.39 is 0 Å². The summed E-state index contributed by atoms with van der Waals surface area (Å²) in [6.45, 7) is 9.88. The monoisotopic (exact) mass is 346 g/mol. The fourth-order valence-corrected chi connectivity index (χ4v) is 2.82. The third kappa shape index (κ3) is 4.74. The molecule has 1 N–H and O–H groups in total. The van der Waals surface area contributed by atoms with E-state index in [1.807, 2.05) is 13.0 Å². The largest absolute Gasteiger partial charge is 0.482 e. The van der Waals surface area contributed by atoms with E-state index in [4.69, 9.17) is 4.74 Å². The Kier molecular flexibility index (Phi) is 6.45. The first kappa shape index (κ1) is 19.3. The summed E-state index contributed by atoms with van der Waals surface area (Å²) in [7, 11) is 0. The molecule has 0 saturated carbocycles. The van der Waals surface area contributed by atoms with Gasteiger partial charge in [0.15, 0.2) is 6.61 Å².